The van der Waals surface area contributed by atoms with E-state index in [1.165, 1.54) is 16.1 Å². The van der Waals surface area contributed by atoms with E-state index < -0.39 is 16.1 Å². The highest BCUT2D eigenvalue weighted by atomic mass is 32.2. The first-order valence-electron chi connectivity index (χ1n) is 6.21. The first kappa shape index (κ1) is 15.3. The molecule has 0 bridgehead atoms. The lowest BCUT2D eigenvalue weighted by molar-refractivity contribution is -0.124. The number of nitrogens with zero attached hydrogens (tertiary/aromatic N) is 3. The fraction of sp³-hybridized carbons (Fsp3) is 0.700. The van der Waals surface area contributed by atoms with Gasteiger partial charge in [0.25, 0.3) is 0 Å². The van der Waals surface area contributed by atoms with Crippen LogP contribution in [0, 0.1) is 0 Å². The molecule has 20 heavy (non-hydrogen) atoms. The van der Waals surface area contributed by atoms with Gasteiger partial charge < -0.3 is 5.32 Å². The molecule has 8 nitrogen and oxygen atoms in total. The molecule has 1 amide bonds. The van der Waals surface area contributed by atoms with Crippen LogP contribution in [0.5, 0.6) is 0 Å². The summed E-state index contributed by atoms with van der Waals surface area (Å²) in [5.41, 5.74) is 0. The molecule has 0 radical (unpaired) electrons. The Morgan fingerprint density at radius 3 is 3.10 bits per heavy atom. The third kappa shape index (κ3) is 3.93. The van der Waals surface area contributed by atoms with Crippen LogP contribution in [-0.4, -0.2) is 65.2 Å². The molecule has 10 heteroatoms. The van der Waals surface area contributed by atoms with Crippen molar-refractivity contribution >= 4 is 27.7 Å². The topological polar surface area (TPSA) is 108 Å². The number of thioether (sulfide) groups is 1. The van der Waals surface area contributed by atoms with Crippen LogP contribution in [-0.2, 0) is 14.8 Å². The second-order valence-electron chi connectivity index (χ2n) is 4.48. The predicted molar refractivity (Wildman–Crippen MR) is 74.7 cm³/mol. The Morgan fingerprint density at radius 2 is 2.45 bits per heavy atom. The minimum Gasteiger partial charge on any atom is -0.354 e. The summed E-state index contributed by atoms with van der Waals surface area (Å²) in [6.07, 6.45) is 4.04. The summed E-state index contributed by atoms with van der Waals surface area (Å²) in [6.45, 7) is 0.884. The summed E-state index contributed by atoms with van der Waals surface area (Å²) < 4.78 is 24.4. The zero-order valence-electron chi connectivity index (χ0n) is 11.1. The molecular formula is C10H17N5O3S2. The third-order valence-corrected chi connectivity index (χ3v) is 5.17. The Bertz CT molecular complexity index is 545. The molecule has 2 rings (SSSR count). The zero-order valence-corrected chi connectivity index (χ0v) is 12.7. The maximum absolute atomic E-state index is 12.0. The van der Waals surface area contributed by atoms with Gasteiger partial charge in [-0.25, -0.2) is 8.42 Å². The molecule has 1 atom stereocenters. The third-order valence-electron chi connectivity index (χ3n) is 2.98. The molecule has 1 aliphatic rings. The van der Waals surface area contributed by atoms with Crippen LogP contribution in [0.3, 0.4) is 0 Å². The van der Waals surface area contributed by atoms with Crippen LogP contribution in [0.1, 0.15) is 12.8 Å². The number of sulfonamides is 1. The van der Waals surface area contributed by atoms with E-state index in [4.69, 9.17) is 0 Å². The molecule has 0 spiro atoms. The van der Waals surface area contributed by atoms with Crippen molar-refractivity contribution in [2.24, 2.45) is 0 Å². The number of hydrogen-bond donors (Lipinski definition) is 2. The van der Waals surface area contributed by atoms with Gasteiger partial charge in [0.15, 0.2) is 0 Å². The minimum atomic E-state index is -3.32. The molecule has 0 aliphatic carbocycles. The highest BCUT2D eigenvalue weighted by Crippen LogP contribution is 2.20. The predicted octanol–water partition coefficient (Wildman–Crippen LogP) is -0.563. The summed E-state index contributed by atoms with van der Waals surface area (Å²) >= 11 is 1.47. The standard InChI is InChI=1S/C10H17N5O3S2/c1-20(17,18)15-5-2-3-8(15)10(16)11-4-6-19-9-7-12-14-13-9/h7-8H,2-6H2,1H3,(H,11,16)(H,12,13,14)/t8-/m0/s1. The van der Waals surface area contributed by atoms with Gasteiger partial charge in [-0.3, -0.25) is 4.79 Å². The first-order valence-corrected chi connectivity index (χ1v) is 9.05. The summed E-state index contributed by atoms with van der Waals surface area (Å²) in [5.74, 6) is 0.429. The summed E-state index contributed by atoms with van der Waals surface area (Å²) in [6, 6.07) is -0.568. The number of rotatable bonds is 6. The highest BCUT2D eigenvalue weighted by Gasteiger charge is 2.36. The average Bonchev–Trinajstić information content (AvgIpc) is 3.03. The minimum absolute atomic E-state index is 0.228. The fourth-order valence-corrected chi connectivity index (χ4v) is 3.88. The van der Waals surface area contributed by atoms with Crippen molar-refractivity contribution in [2.45, 2.75) is 23.9 Å². The van der Waals surface area contributed by atoms with Gasteiger partial charge in [0.2, 0.25) is 15.9 Å². The van der Waals surface area contributed by atoms with Crippen LogP contribution >= 0.6 is 11.8 Å². The molecule has 112 valence electrons. The van der Waals surface area contributed by atoms with E-state index in [1.807, 2.05) is 0 Å². The smallest absolute Gasteiger partial charge is 0.238 e. The lowest BCUT2D eigenvalue weighted by Crippen LogP contribution is -2.45. The van der Waals surface area contributed by atoms with Gasteiger partial charge in [0, 0.05) is 18.8 Å². The largest absolute Gasteiger partial charge is 0.354 e. The number of nitrogens with one attached hydrogen (secondary N) is 2. The van der Waals surface area contributed by atoms with Crippen LogP contribution in [0.25, 0.3) is 0 Å². The Kier molecular flexibility index (Phi) is 5.00. The second-order valence-corrected chi connectivity index (χ2v) is 7.53. The van der Waals surface area contributed by atoms with Crippen LogP contribution in [0.2, 0.25) is 0 Å². The van der Waals surface area contributed by atoms with Gasteiger partial charge in [-0.15, -0.1) is 16.9 Å². The summed E-state index contributed by atoms with van der Waals surface area (Å²) in [7, 11) is -3.32. The van der Waals surface area contributed by atoms with Crippen LogP contribution in [0.4, 0.5) is 0 Å². The monoisotopic (exact) mass is 319 g/mol. The molecule has 0 unspecified atom stereocenters. The number of aromatic amines is 1. The fourth-order valence-electron chi connectivity index (χ4n) is 2.11. The zero-order chi connectivity index (χ0) is 14.6. The number of amides is 1. The lowest BCUT2D eigenvalue weighted by atomic mass is 10.2. The van der Waals surface area contributed by atoms with Crippen molar-refractivity contribution in [3.05, 3.63) is 6.20 Å². The van der Waals surface area contributed by atoms with Crippen molar-refractivity contribution in [1.29, 1.82) is 0 Å². The van der Waals surface area contributed by atoms with Gasteiger partial charge in [0.05, 0.1) is 12.5 Å². The van der Waals surface area contributed by atoms with E-state index in [-0.39, 0.29) is 5.91 Å². The SMILES string of the molecule is CS(=O)(=O)N1CCC[C@H]1C(=O)NCCSc1cn[nH]n1. The van der Waals surface area contributed by atoms with Gasteiger partial charge in [-0.05, 0) is 12.8 Å². The normalized spacial score (nSPS) is 20.1. The number of H-pyrrole nitrogens is 1. The maximum atomic E-state index is 12.0. The number of carbonyl (C=O) groups excluding carboxylic acids is 1. The highest BCUT2D eigenvalue weighted by molar-refractivity contribution is 7.99. The lowest BCUT2D eigenvalue weighted by Gasteiger charge is -2.21. The van der Waals surface area contributed by atoms with Crippen molar-refractivity contribution in [2.75, 3.05) is 25.1 Å². The molecule has 2 N–H and O–H groups in total. The van der Waals surface area contributed by atoms with Crippen molar-refractivity contribution in [3.63, 3.8) is 0 Å². The van der Waals surface area contributed by atoms with E-state index in [0.29, 0.717) is 25.3 Å². The molecule has 0 aromatic carbocycles. The molecule has 1 aromatic heterocycles. The van der Waals surface area contributed by atoms with E-state index in [9.17, 15) is 13.2 Å². The first-order chi connectivity index (χ1) is 9.48. The molecule has 1 aromatic rings. The molecule has 1 aliphatic heterocycles. The van der Waals surface area contributed by atoms with Crippen LogP contribution < -0.4 is 5.32 Å². The Balaban J connectivity index is 1.77. The van der Waals surface area contributed by atoms with Gasteiger partial charge in [-0.1, -0.05) is 0 Å². The Morgan fingerprint density at radius 1 is 1.65 bits per heavy atom. The molecule has 2 heterocycles. The number of hydrogen-bond acceptors (Lipinski definition) is 6. The number of aromatic nitrogens is 3. The van der Waals surface area contributed by atoms with Crippen LogP contribution in [0.15, 0.2) is 11.2 Å². The van der Waals surface area contributed by atoms with Crippen molar-refractivity contribution in [3.8, 4) is 0 Å². The van der Waals surface area contributed by atoms with Gasteiger partial charge >= 0.3 is 0 Å². The summed E-state index contributed by atoms with van der Waals surface area (Å²) in [4.78, 5) is 12.0. The van der Waals surface area contributed by atoms with Gasteiger partial charge in [0.1, 0.15) is 11.1 Å². The van der Waals surface area contributed by atoms with E-state index >= 15 is 0 Å². The molecule has 0 saturated carbocycles. The van der Waals surface area contributed by atoms with Gasteiger partial charge in [-0.2, -0.15) is 14.6 Å². The van der Waals surface area contributed by atoms with Crippen molar-refractivity contribution < 1.29 is 13.2 Å². The number of carbonyl (C=O) groups is 1. The Hall–Kier alpha value is -1.13. The molecule has 1 fully saturated rings. The quantitative estimate of drug-likeness (QED) is 0.537. The molecule has 1 saturated heterocycles. The van der Waals surface area contributed by atoms with E-state index in [2.05, 4.69) is 20.7 Å². The summed E-state index contributed by atoms with van der Waals surface area (Å²) in [5, 5.41) is 13.6. The Labute approximate surface area is 121 Å². The van der Waals surface area contributed by atoms with Crippen molar-refractivity contribution in [1.82, 2.24) is 25.0 Å². The van der Waals surface area contributed by atoms with E-state index in [0.717, 1.165) is 17.7 Å². The van der Waals surface area contributed by atoms with E-state index in [1.54, 1.807) is 6.20 Å². The maximum Gasteiger partial charge on any atom is 0.238 e. The average molecular weight is 319 g/mol. The second kappa shape index (κ2) is 6.55. The molecular weight excluding hydrogens is 302 g/mol.